The molecule has 0 aliphatic heterocycles. The van der Waals surface area contributed by atoms with E-state index in [2.05, 4.69) is 10.6 Å². The molecule has 1 aromatic heterocycles. The van der Waals surface area contributed by atoms with E-state index in [0.29, 0.717) is 37.2 Å². The van der Waals surface area contributed by atoms with Crippen molar-refractivity contribution in [1.82, 2.24) is 0 Å². The number of hydrogen-bond acceptors (Lipinski definition) is 6. The third-order valence-corrected chi connectivity index (χ3v) is 6.12. The fourth-order valence-electron chi connectivity index (χ4n) is 2.61. The quantitative estimate of drug-likeness (QED) is 0.359. The first-order valence-electron chi connectivity index (χ1n) is 8.17. The lowest BCUT2D eigenvalue weighted by atomic mass is 10.2. The maximum absolute atomic E-state index is 11.8. The molecule has 0 bridgehead atoms. The lowest BCUT2D eigenvalue weighted by molar-refractivity contribution is 0.0606. The summed E-state index contributed by atoms with van der Waals surface area (Å²) in [7, 11) is 4.38. The normalized spacial score (nSPS) is 10.5. The summed E-state index contributed by atoms with van der Waals surface area (Å²) in [5.74, 6) is 0.539. The Hall–Kier alpha value is -2.26. The van der Waals surface area contributed by atoms with Crippen molar-refractivity contribution in [3.05, 3.63) is 45.3 Å². The SMILES string of the molecule is COC(=O)c1sc2cc(NC(=S)Nc3cc(OC)c(Cl)cc3OC)ccc2c1Cl. The van der Waals surface area contributed by atoms with Gasteiger partial charge in [-0.15, -0.1) is 11.3 Å². The zero-order valence-electron chi connectivity index (χ0n) is 15.6. The molecule has 0 saturated carbocycles. The molecule has 10 heteroatoms. The predicted molar refractivity (Wildman–Crippen MR) is 123 cm³/mol. The van der Waals surface area contributed by atoms with Gasteiger partial charge in [-0.05, 0) is 30.4 Å². The van der Waals surface area contributed by atoms with E-state index in [4.69, 9.17) is 49.6 Å². The summed E-state index contributed by atoms with van der Waals surface area (Å²) in [6, 6.07) is 8.82. The van der Waals surface area contributed by atoms with Gasteiger partial charge in [-0.25, -0.2) is 4.79 Å². The molecule has 0 atom stereocenters. The summed E-state index contributed by atoms with van der Waals surface area (Å²) in [5, 5.41) is 8.07. The van der Waals surface area contributed by atoms with E-state index in [1.54, 1.807) is 12.1 Å². The number of thiophene rings is 1. The largest absolute Gasteiger partial charge is 0.495 e. The number of carbonyl (C=O) groups excluding carboxylic acids is 1. The number of carbonyl (C=O) groups is 1. The Morgan fingerprint density at radius 1 is 1.03 bits per heavy atom. The number of thiocarbonyl (C=S) groups is 1. The van der Waals surface area contributed by atoms with E-state index in [1.807, 2.05) is 18.2 Å². The number of methoxy groups -OCH3 is 3. The zero-order valence-corrected chi connectivity index (χ0v) is 18.7. The standard InChI is InChI=1S/C19H16Cl2N2O4S2/c1-25-13-8-12(14(26-2)7-11(13)20)23-19(28)22-9-4-5-10-15(6-9)29-17(16(10)21)18(24)27-3/h4-8H,1-3H3,(H2,22,23,28). The van der Waals surface area contributed by atoms with Gasteiger partial charge in [0.15, 0.2) is 5.11 Å². The second-order valence-corrected chi connectivity index (χ2v) is 7.96. The summed E-state index contributed by atoms with van der Waals surface area (Å²) in [6.07, 6.45) is 0. The monoisotopic (exact) mass is 470 g/mol. The second kappa shape index (κ2) is 9.04. The predicted octanol–water partition coefficient (Wildman–Crippen LogP) is 5.82. The molecule has 0 aliphatic rings. The number of halogens is 2. The minimum absolute atomic E-state index is 0.336. The maximum atomic E-state index is 11.8. The Morgan fingerprint density at radius 3 is 2.41 bits per heavy atom. The molecular formula is C19H16Cl2N2O4S2. The summed E-state index contributed by atoms with van der Waals surface area (Å²) >= 11 is 19.1. The number of esters is 1. The Kier molecular flexibility index (Phi) is 6.69. The van der Waals surface area contributed by atoms with Crippen LogP contribution in [0.5, 0.6) is 11.5 Å². The first-order chi connectivity index (χ1) is 13.9. The van der Waals surface area contributed by atoms with Crippen LogP contribution in [0.2, 0.25) is 10.0 Å². The van der Waals surface area contributed by atoms with Crippen molar-refractivity contribution in [2.24, 2.45) is 0 Å². The van der Waals surface area contributed by atoms with Gasteiger partial charge in [0, 0.05) is 27.9 Å². The third kappa shape index (κ3) is 4.51. The van der Waals surface area contributed by atoms with E-state index in [9.17, 15) is 4.79 Å². The highest BCUT2D eigenvalue weighted by molar-refractivity contribution is 7.80. The molecule has 0 radical (unpaired) electrons. The summed E-state index contributed by atoms with van der Waals surface area (Å²) in [4.78, 5) is 12.2. The molecule has 0 fully saturated rings. The summed E-state index contributed by atoms with van der Waals surface area (Å²) < 4.78 is 16.2. The van der Waals surface area contributed by atoms with Gasteiger partial charge in [0.25, 0.3) is 0 Å². The topological polar surface area (TPSA) is 68.8 Å². The molecule has 6 nitrogen and oxygen atoms in total. The molecular weight excluding hydrogens is 455 g/mol. The van der Waals surface area contributed by atoms with Crippen molar-refractivity contribution in [2.75, 3.05) is 32.0 Å². The van der Waals surface area contributed by atoms with Gasteiger partial charge in [0.1, 0.15) is 16.4 Å². The number of hydrogen-bond donors (Lipinski definition) is 2. The van der Waals surface area contributed by atoms with E-state index in [0.717, 1.165) is 15.8 Å². The number of fused-ring (bicyclic) bond motifs is 1. The molecule has 152 valence electrons. The first kappa shape index (κ1) is 21.4. The highest BCUT2D eigenvalue weighted by atomic mass is 35.5. The van der Waals surface area contributed by atoms with Crippen molar-refractivity contribution < 1.29 is 19.0 Å². The lowest BCUT2D eigenvalue weighted by Gasteiger charge is -2.15. The molecule has 0 spiro atoms. The number of anilines is 2. The van der Waals surface area contributed by atoms with Crippen molar-refractivity contribution in [3.8, 4) is 11.5 Å². The van der Waals surface area contributed by atoms with Gasteiger partial charge in [-0.1, -0.05) is 23.2 Å². The van der Waals surface area contributed by atoms with Gasteiger partial charge < -0.3 is 24.8 Å². The van der Waals surface area contributed by atoms with Gasteiger partial charge in [0.2, 0.25) is 0 Å². The van der Waals surface area contributed by atoms with E-state index in [-0.39, 0.29) is 0 Å². The molecule has 0 saturated heterocycles. The molecule has 2 aromatic carbocycles. The molecule has 29 heavy (non-hydrogen) atoms. The van der Waals surface area contributed by atoms with Crippen LogP contribution in [0.15, 0.2) is 30.3 Å². The van der Waals surface area contributed by atoms with Gasteiger partial charge in [0.05, 0.1) is 37.1 Å². The molecule has 1 heterocycles. The van der Waals surface area contributed by atoms with E-state index < -0.39 is 5.97 Å². The minimum Gasteiger partial charge on any atom is -0.495 e. The molecule has 3 rings (SSSR count). The molecule has 0 amide bonds. The molecule has 3 aromatic rings. The third-order valence-electron chi connectivity index (χ3n) is 3.98. The van der Waals surface area contributed by atoms with Crippen molar-refractivity contribution >= 4 is 79.3 Å². The summed E-state index contributed by atoms with van der Waals surface area (Å²) in [6.45, 7) is 0. The molecule has 2 N–H and O–H groups in total. The molecule has 0 aliphatic carbocycles. The average molecular weight is 471 g/mol. The Bertz CT molecular complexity index is 1100. The first-order valence-corrected chi connectivity index (χ1v) is 10.2. The van der Waals surface area contributed by atoms with Gasteiger partial charge in [-0.2, -0.15) is 0 Å². The number of ether oxygens (including phenoxy) is 3. The van der Waals surface area contributed by atoms with E-state index >= 15 is 0 Å². The highest BCUT2D eigenvalue weighted by Crippen LogP contribution is 2.38. The van der Waals surface area contributed by atoms with Gasteiger partial charge >= 0.3 is 5.97 Å². The lowest BCUT2D eigenvalue weighted by Crippen LogP contribution is -2.19. The van der Waals surface area contributed by atoms with Crippen LogP contribution in [-0.2, 0) is 4.74 Å². The van der Waals surface area contributed by atoms with Crippen LogP contribution in [0.1, 0.15) is 9.67 Å². The maximum Gasteiger partial charge on any atom is 0.349 e. The Labute approximate surface area is 186 Å². The Morgan fingerprint density at radius 2 is 1.76 bits per heavy atom. The van der Waals surface area contributed by atoms with Crippen LogP contribution in [0.4, 0.5) is 11.4 Å². The van der Waals surface area contributed by atoms with Crippen LogP contribution in [-0.4, -0.2) is 32.4 Å². The average Bonchev–Trinajstić information content (AvgIpc) is 3.04. The van der Waals surface area contributed by atoms with Gasteiger partial charge in [-0.3, -0.25) is 0 Å². The van der Waals surface area contributed by atoms with Crippen LogP contribution in [0.3, 0.4) is 0 Å². The summed E-state index contributed by atoms with van der Waals surface area (Å²) in [5.41, 5.74) is 1.32. The fraction of sp³-hybridized carbons (Fsp3) is 0.158. The molecule has 0 unspecified atom stereocenters. The minimum atomic E-state index is -0.466. The second-order valence-electron chi connectivity index (χ2n) is 5.71. The van der Waals surface area contributed by atoms with Crippen molar-refractivity contribution in [2.45, 2.75) is 0 Å². The van der Waals surface area contributed by atoms with E-state index in [1.165, 1.54) is 32.7 Å². The number of benzene rings is 2. The van der Waals surface area contributed by atoms with Crippen LogP contribution < -0.4 is 20.1 Å². The highest BCUT2D eigenvalue weighted by Gasteiger charge is 2.18. The van der Waals surface area contributed by atoms with Crippen LogP contribution >= 0.6 is 46.8 Å². The van der Waals surface area contributed by atoms with Crippen LogP contribution in [0.25, 0.3) is 10.1 Å². The van der Waals surface area contributed by atoms with Crippen molar-refractivity contribution in [3.63, 3.8) is 0 Å². The van der Waals surface area contributed by atoms with Crippen molar-refractivity contribution in [1.29, 1.82) is 0 Å². The van der Waals surface area contributed by atoms with Crippen LogP contribution in [0, 0.1) is 0 Å². The fourth-order valence-corrected chi connectivity index (χ4v) is 4.53. The number of nitrogens with one attached hydrogen (secondary N) is 2. The smallest absolute Gasteiger partial charge is 0.349 e. The zero-order chi connectivity index (χ0) is 21.1. The Balaban J connectivity index is 1.82. The number of rotatable bonds is 5.